The fraction of sp³-hybridized carbons (Fsp3) is 0.214. The van der Waals surface area contributed by atoms with Gasteiger partial charge in [0.1, 0.15) is 6.54 Å². The van der Waals surface area contributed by atoms with E-state index in [-0.39, 0.29) is 6.54 Å². The van der Waals surface area contributed by atoms with Crippen LogP contribution in [0.1, 0.15) is 5.56 Å². The SMILES string of the molecule is CN/C(O)=C(/C(=O)NCC(=O)O)C(=O)NCc1ccccc1. The van der Waals surface area contributed by atoms with Gasteiger partial charge in [-0.05, 0) is 5.56 Å². The van der Waals surface area contributed by atoms with E-state index < -0.39 is 35.8 Å². The first-order valence-corrected chi connectivity index (χ1v) is 6.38. The number of aliphatic hydroxyl groups is 1. The Bertz CT molecular complexity index is 583. The molecule has 2 amide bonds. The summed E-state index contributed by atoms with van der Waals surface area (Å²) in [6, 6.07) is 8.98. The number of hydrogen-bond acceptors (Lipinski definition) is 5. The average Bonchev–Trinajstić information content (AvgIpc) is 2.51. The number of amides is 2. The molecule has 0 radical (unpaired) electrons. The Morgan fingerprint density at radius 1 is 1.00 bits per heavy atom. The molecule has 8 nitrogen and oxygen atoms in total. The van der Waals surface area contributed by atoms with Crippen LogP contribution in [0.2, 0.25) is 0 Å². The quantitative estimate of drug-likeness (QED) is 0.200. The van der Waals surface area contributed by atoms with Crippen molar-refractivity contribution >= 4 is 17.8 Å². The highest BCUT2D eigenvalue weighted by Crippen LogP contribution is 2.02. The van der Waals surface area contributed by atoms with E-state index in [1.807, 2.05) is 11.4 Å². The van der Waals surface area contributed by atoms with Crippen molar-refractivity contribution in [3.05, 3.63) is 47.4 Å². The predicted molar refractivity (Wildman–Crippen MR) is 77.6 cm³/mol. The zero-order valence-corrected chi connectivity index (χ0v) is 11.9. The molecule has 5 N–H and O–H groups in total. The lowest BCUT2D eigenvalue weighted by Gasteiger charge is -2.11. The van der Waals surface area contributed by atoms with Gasteiger partial charge in [-0.3, -0.25) is 14.4 Å². The number of carboxylic acid groups (broad SMARTS) is 1. The molecule has 1 rings (SSSR count). The summed E-state index contributed by atoms with van der Waals surface area (Å²) < 4.78 is 0. The van der Waals surface area contributed by atoms with E-state index in [0.717, 1.165) is 5.56 Å². The van der Waals surface area contributed by atoms with E-state index in [4.69, 9.17) is 5.11 Å². The van der Waals surface area contributed by atoms with Gasteiger partial charge in [-0.25, -0.2) is 0 Å². The Morgan fingerprint density at radius 3 is 2.14 bits per heavy atom. The number of benzene rings is 1. The maximum absolute atomic E-state index is 12.0. The Hall–Kier alpha value is -3.03. The van der Waals surface area contributed by atoms with Crippen LogP contribution in [0.5, 0.6) is 0 Å². The van der Waals surface area contributed by atoms with Crippen LogP contribution in [0.15, 0.2) is 41.8 Å². The zero-order valence-electron chi connectivity index (χ0n) is 11.9. The first-order valence-electron chi connectivity index (χ1n) is 6.38. The van der Waals surface area contributed by atoms with E-state index in [9.17, 15) is 19.5 Å². The zero-order chi connectivity index (χ0) is 16.5. The molecule has 0 aliphatic rings. The fourth-order valence-corrected chi connectivity index (χ4v) is 1.55. The van der Waals surface area contributed by atoms with Crippen molar-refractivity contribution in [2.45, 2.75) is 6.54 Å². The smallest absolute Gasteiger partial charge is 0.322 e. The summed E-state index contributed by atoms with van der Waals surface area (Å²) in [5.41, 5.74) is 0.227. The first-order chi connectivity index (χ1) is 10.5. The molecule has 22 heavy (non-hydrogen) atoms. The highest BCUT2D eigenvalue weighted by molar-refractivity contribution is 6.19. The van der Waals surface area contributed by atoms with E-state index in [0.29, 0.717) is 0 Å². The summed E-state index contributed by atoms with van der Waals surface area (Å²) in [7, 11) is 1.32. The maximum atomic E-state index is 12.0. The van der Waals surface area contributed by atoms with Gasteiger partial charge in [0.25, 0.3) is 11.8 Å². The molecular formula is C14H17N3O5. The van der Waals surface area contributed by atoms with Crippen molar-refractivity contribution in [3.8, 4) is 0 Å². The van der Waals surface area contributed by atoms with Crippen LogP contribution >= 0.6 is 0 Å². The van der Waals surface area contributed by atoms with Crippen molar-refractivity contribution in [1.82, 2.24) is 16.0 Å². The third-order valence-corrected chi connectivity index (χ3v) is 2.62. The molecule has 0 spiro atoms. The second-order valence-corrected chi connectivity index (χ2v) is 4.22. The molecule has 0 aromatic heterocycles. The molecule has 1 aromatic carbocycles. The minimum absolute atomic E-state index is 0.159. The number of rotatable bonds is 7. The Morgan fingerprint density at radius 2 is 1.59 bits per heavy atom. The lowest BCUT2D eigenvalue weighted by atomic mass is 10.2. The van der Waals surface area contributed by atoms with Gasteiger partial charge < -0.3 is 26.2 Å². The highest BCUT2D eigenvalue weighted by Gasteiger charge is 2.23. The average molecular weight is 307 g/mol. The van der Waals surface area contributed by atoms with E-state index >= 15 is 0 Å². The Kier molecular flexibility index (Phi) is 6.42. The summed E-state index contributed by atoms with van der Waals surface area (Å²) in [6.45, 7) is -0.502. The molecule has 8 heteroatoms. The van der Waals surface area contributed by atoms with Gasteiger partial charge in [0.15, 0.2) is 5.57 Å². The molecule has 1 aromatic rings. The number of aliphatic carboxylic acids is 1. The summed E-state index contributed by atoms with van der Waals surface area (Å²) in [5, 5.41) is 24.9. The van der Waals surface area contributed by atoms with Gasteiger partial charge in [0, 0.05) is 13.6 Å². The summed E-state index contributed by atoms with van der Waals surface area (Å²) in [5.74, 6) is -3.71. The van der Waals surface area contributed by atoms with Crippen LogP contribution in [0.4, 0.5) is 0 Å². The number of carboxylic acids is 1. The minimum Gasteiger partial charge on any atom is -0.494 e. The molecule has 0 aliphatic heterocycles. The van der Waals surface area contributed by atoms with E-state index in [1.54, 1.807) is 24.3 Å². The van der Waals surface area contributed by atoms with Gasteiger partial charge in [0.2, 0.25) is 5.88 Å². The van der Waals surface area contributed by atoms with Gasteiger partial charge in [-0.2, -0.15) is 0 Å². The molecule has 0 aliphatic carbocycles. The van der Waals surface area contributed by atoms with Crippen LogP contribution in [0.3, 0.4) is 0 Å². The molecule has 0 heterocycles. The topological polar surface area (TPSA) is 128 Å². The molecule has 0 saturated heterocycles. The largest absolute Gasteiger partial charge is 0.494 e. The van der Waals surface area contributed by atoms with Crippen LogP contribution in [-0.4, -0.2) is 41.6 Å². The van der Waals surface area contributed by atoms with Crippen molar-refractivity contribution < 1.29 is 24.6 Å². The van der Waals surface area contributed by atoms with Crippen molar-refractivity contribution in [1.29, 1.82) is 0 Å². The number of carbonyl (C=O) groups excluding carboxylic acids is 2. The predicted octanol–water partition coefficient (Wildman–Crippen LogP) is -0.507. The third-order valence-electron chi connectivity index (χ3n) is 2.62. The van der Waals surface area contributed by atoms with Crippen LogP contribution in [0.25, 0.3) is 0 Å². The third kappa shape index (κ3) is 5.16. The Labute approximate surface area is 126 Å². The lowest BCUT2D eigenvalue weighted by Crippen LogP contribution is -2.38. The monoisotopic (exact) mass is 307 g/mol. The molecule has 0 saturated carbocycles. The fourth-order valence-electron chi connectivity index (χ4n) is 1.55. The molecule has 0 atom stereocenters. The molecule has 0 unspecified atom stereocenters. The standard InChI is InChI=1S/C14H17N3O5/c1-15-12(20)11(14(22)17-8-10(18)19)13(21)16-7-9-5-3-2-4-6-9/h2-6,15,20H,7-8H2,1H3,(H,16,21)(H,17,22)(H,18,19)/b12-11-. The number of hydrogen-bond donors (Lipinski definition) is 5. The van der Waals surface area contributed by atoms with Crippen LogP contribution in [0, 0.1) is 0 Å². The van der Waals surface area contributed by atoms with Crippen LogP contribution in [-0.2, 0) is 20.9 Å². The molecule has 0 fully saturated rings. The van der Waals surface area contributed by atoms with Crippen molar-refractivity contribution in [3.63, 3.8) is 0 Å². The lowest BCUT2D eigenvalue weighted by molar-refractivity contribution is -0.138. The van der Waals surface area contributed by atoms with Crippen molar-refractivity contribution in [2.75, 3.05) is 13.6 Å². The maximum Gasteiger partial charge on any atom is 0.322 e. The summed E-state index contributed by atoms with van der Waals surface area (Å²) >= 11 is 0. The van der Waals surface area contributed by atoms with Crippen LogP contribution < -0.4 is 16.0 Å². The number of nitrogens with one attached hydrogen (secondary N) is 3. The number of aliphatic hydroxyl groups excluding tert-OH is 1. The molecule has 118 valence electrons. The second kappa shape index (κ2) is 8.30. The molecular weight excluding hydrogens is 290 g/mol. The van der Waals surface area contributed by atoms with Gasteiger partial charge in [-0.15, -0.1) is 0 Å². The van der Waals surface area contributed by atoms with Crippen molar-refractivity contribution in [2.24, 2.45) is 0 Å². The van der Waals surface area contributed by atoms with Gasteiger partial charge >= 0.3 is 5.97 Å². The second-order valence-electron chi connectivity index (χ2n) is 4.22. The first kappa shape index (κ1) is 17.0. The normalized spacial score (nSPS) is 11.1. The van der Waals surface area contributed by atoms with E-state index in [2.05, 4.69) is 10.6 Å². The summed E-state index contributed by atoms with van der Waals surface area (Å²) in [6.07, 6.45) is 0. The number of carbonyl (C=O) groups is 3. The van der Waals surface area contributed by atoms with E-state index in [1.165, 1.54) is 7.05 Å². The Balaban J connectivity index is 2.77. The van der Waals surface area contributed by atoms with Gasteiger partial charge in [0.05, 0.1) is 0 Å². The van der Waals surface area contributed by atoms with Gasteiger partial charge in [-0.1, -0.05) is 30.3 Å². The summed E-state index contributed by atoms with van der Waals surface area (Å²) in [4.78, 5) is 34.3. The highest BCUT2D eigenvalue weighted by atomic mass is 16.4. The minimum atomic E-state index is -1.26. The molecule has 0 bridgehead atoms.